The minimum Gasteiger partial charge on any atom is -0.339 e. The Kier molecular flexibility index (Phi) is 5.76. The third-order valence-corrected chi connectivity index (χ3v) is 5.85. The SMILES string of the molecule is CC[C@@H]1CCCCN1C(=O)CN1CCC[C@H]1c1cccc(Br)c1. The van der Waals surface area contributed by atoms with Crippen LogP contribution in [-0.4, -0.2) is 41.4 Å². The first-order valence-electron chi connectivity index (χ1n) is 8.98. The number of carbonyl (C=O) groups excluding carboxylic acids is 1. The van der Waals surface area contributed by atoms with Crippen LogP contribution in [0.5, 0.6) is 0 Å². The summed E-state index contributed by atoms with van der Waals surface area (Å²) in [7, 11) is 0. The van der Waals surface area contributed by atoms with Gasteiger partial charge in [0.1, 0.15) is 0 Å². The fraction of sp³-hybridized carbons (Fsp3) is 0.632. The third kappa shape index (κ3) is 3.97. The number of likely N-dealkylation sites (tertiary alicyclic amines) is 2. The number of nitrogens with zero attached hydrogens (tertiary/aromatic N) is 2. The first-order chi connectivity index (χ1) is 11.2. The van der Waals surface area contributed by atoms with Gasteiger partial charge in [-0.15, -0.1) is 0 Å². The lowest BCUT2D eigenvalue weighted by molar-refractivity contribution is -0.136. The van der Waals surface area contributed by atoms with E-state index in [2.05, 4.69) is 56.9 Å². The van der Waals surface area contributed by atoms with E-state index in [0.717, 1.165) is 36.8 Å². The van der Waals surface area contributed by atoms with Crippen LogP contribution in [0.2, 0.25) is 0 Å². The number of carbonyl (C=O) groups is 1. The van der Waals surface area contributed by atoms with E-state index in [4.69, 9.17) is 0 Å². The Balaban J connectivity index is 1.67. The largest absolute Gasteiger partial charge is 0.339 e. The first-order valence-corrected chi connectivity index (χ1v) is 9.77. The zero-order valence-corrected chi connectivity index (χ0v) is 15.6. The maximum atomic E-state index is 12.8. The molecule has 0 bridgehead atoms. The molecule has 1 amide bonds. The van der Waals surface area contributed by atoms with Crippen molar-refractivity contribution in [1.29, 1.82) is 0 Å². The molecular formula is C19H27BrN2O. The molecule has 2 heterocycles. The standard InChI is InChI=1S/C19H27BrN2O/c1-2-17-9-3-4-12-22(17)19(23)14-21-11-6-10-18(21)15-7-5-8-16(20)13-15/h5,7-8,13,17-18H,2-4,6,9-12,14H2,1H3/t17-,18+/m1/s1. The molecule has 3 rings (SSSR count). The molecule has 0 saturated carbocycles. The normalized spacial score (nSPS) is 25.7. The summed E-state index contributed by atoms with van der Waals surface area (Å²) in [5.74, 6) is 0.332. The topological polar surface area (TPSA) is 23.6 Å². The lowest BCUT2D eigenvalue weighted by Gasteiger charge is -2.37. The summed E-state index contributed by atoms with van der Waals surface area (Å²) in [6.07, 6.45) is 7.03. The van der Waals surface area contributed by atoms with Gasteiger partial charge < -0.3 is 4.90 Å². The zero-order valence-electron chi connectivity index (χ0n) is 14.0. The van der Waals surface area contributed by atoms with Crippen molar-refractivity contribution in [1.82, 2.24) is 9.80 Å². The van der Waals surface area contributed by atoms with Gasteiger partial charge in [0.2, 0.25) is 5.91 Å². The molecule has 1 aromatic carbocycles. The van der Waals surface area contributed by atoms with Gasteiger partial charge in [0.05, 0.1) is 6.54 Å². The summed E-state index contributed by atoms with van der Waals surface area (Å²) < 4.78 is 1.12. The zero-order chi connectivity index (χ0) is 16.2. The quantitative estimate of drug-likeness (QED) is 0.775. The Morgan fingerprint density at radius 2 is 2.09 bits per heavy atom. The highest BCUT2D eigenvalue weighted by molar-refractivity contribution is 9.10. The van der Waals surface area contributed by atoms with Crippen molar-refractivity contribution in [2.75, 3.05) is 19.6 Å². The number of benzene rings is 1. The average molecular weight is 379 g/mol. The van der Waals surface area contributed by atoms with Crippen molar-refractivity contribution in [2.24, 2.45) is 0 Å². The van der Waals surface area contributed by atoms with Crippen LogP contribution >= 0.6 is 15.9 Å². The first kappa shape index (κ1) is 17.0. The summed E-state index contributed by atoms with van der Waals surface area (Å²) in [5, 5.41) is 0. The highest BCUT2D eigenvalue weighted by Crippen LogP contribution is 2.33. The molecule has 0 radical (unpaired) electrons. The molecule has 126 valence electrons. The Labute approximate surface area is 148 Å². The van der Waals surface area contributed by atoms with Crippen molar-refractivity contribution in [3.05, 3.63) is 34.3 Å². The minimum atomic E-state index is 0.332. The molecular weight excluding hydrogens is 352 g/mol. The van der Waals surface area contributed by atoms with E-state index in [9.17, 15) is 4.79 Å². The van der Waals surface area contributed by atoms with E-state index in [1.54, 1.807) is 0 Å². The van der Waals surface area contributed by atoms with Gasteiger partial charge in [-0.1, -0.05) is 35.0 Å². The Bertz CT molecular complexity index is 548. The molecule has 0 unspecified atom stereocenters. The third-order valence-electron chi connectivity index (χ3n) is 5.35. The molecule has 2 aliphatic heterocycles. The summed E-state index contributed by atoms with van der Waals surface area (Å²) in [6, 6.07) is 9.39. The number of piperidine rings is 1. The second-order valence-electron chi connectivity index (χ2n) is 6.83. The van der Waals surface area contributed by atoms with Gasteiger partial charge in [-0.25, -0.2) is 0 Å². The number of amides is 1. The Hall–Kier alpha value is -0.870. The molecule has 2 fully saturated rings. The number of hydrogen-bond acceptors (Lipinski definition) is 2. The van der Waals surface area contributed by atoms with E-state index in [-0.39, 0.29) is 0 Å². The van der Waals surface area contributed by atoms with Crippen molar-refractivity contribution in [2.45, 2.75) is 57.5 Å². The molecule has 0 aromatic heterocycles. The highest BCUT2D eigenvalue weighted by Gasteiger charge is 2.31. The van der Waals surface area contributed by atoms with Crippen LogP contribution in [0.15, 0.2) is 28.7 Å². The maximum Gasteiger partial charge on any atom is 0.237 e. The predicted octanol–water partition coefficient (Wildman–Crippen LogP) is 4.38. The lowest BCUT2D eigenvalue weighted by atomic mass is 10.00. The predicted molar refractivity (Wildman–Crippen MR) is 97.3 cm³/mol. The van der Waals surface area contributed by atoms with Crippen molar-refractivity contribution in [3.8, 4) is 0 Å². The summed E-state index contributed by atoms with van der Waals surface area (Å²) in [6.45, 7) is 4.77. The van der Waals surface area contributed by atoms with E-state index >= 15 is 0 Å². The summed E-state index contributed by atoms with van der Waals surface area (Å²) in [5.41, 5.74) is 1.33. The fourth-order valence-corrected chi connectivity index (χ4v) is 4.54. The summed E-state index contributed by atoms with van der Waals surface area (Å²) >= 11 is 3.57. The van der Waals surface area contributed by atoms with Gasteiger partial charge in [0.15, 0.2) is 0 Å². The lowest BCUT2D eigenvalue weighted by Crippen LogP contribution is -2.47. The molecule has 0 N–H and O–H groups in total. The van der Waals surface area contributed by atoms with E-state index in [1.807, 2.05) is 0 Å². The highest BCUT2D eigenvalue weighted by atomic mass is 79.9. The number of rotatable bonds is 4. The second-order valence-corrected chi connectivity index (χ2v) is 7.74. The van der Waals surface area contributed by atoms with Crippen LogP contribution in [0.3, 0.4) is 0 Å². The molecule has 23 heavy (non-hydrogen) atoms. The van der Waals surface area contributed by atoms with Gasteiger partial charge in [0, 0.05) is 23.1 Å². The molecule has 0 spiro atoms. The van der Waals surface area contributed by atoms with Crippen LogP contribution in [-0.2, 0) is 4.79 Å². The van der Waals surface area contributed by atoms with Gasteiger partial charge >= 0.3 is 0 Å². The van der Waals surface area contributed by atoms with Gasteiger partial charge in [-0.05, 0) is 62.8 Å². The maximum absolute atomic E-state index is 12.8. The summed E-state index contributed by atoms with van der Waals surface area (Å²) in [4.78, 5) is 17.4. The molecule has 0 aliphatic carbocycles. The van der Waals surface area contributed by atoms with Crippen LogP contribution in [0.25, 0.3) is 0 Å². The van der Waals surface area contributed by atoms with Crippen LogP contribution in [0.1, 0.15) is 57.1 Å². The van der Waals surface area contributed by atoms with Gasteiger partial charge in [0.25, 0.3) is 0 Å². The Morgan fingerprint density at radius 3 is 2.87 bits per heavy atom. The van der Waals surface area contributed by atoms with Crippen molar-refractivity contribution in [3.63, 3.8) is 0 Å². The second kappa shape index (κ2) is 7.80. The smallest absolute Gasteiger partial charge is 0.237 e. The van der Waals surface area contributed by atoms with Gasteiger partial charge in [-0.2, -0.15) is 0 Å². The molecule has 2 aliphatic rings. The molecule has 2 atom stereocenters. The van der Waals surface area contributed by atoms with E-state index in [1.165, 1.54) is 24.8 Å². The minimum absolute atomic E-state index is 0.332. The number of hydrogen-bond donors (Lipinski definition) is 0. The fourth-order valence-electron chi connectivity index (χ4n) is 4.12. The van der Waals surface area contributed by atoms with Crippen molar-refractivity contribution >= 4 is 21.8 Å². The number of halogens is 1. The monoisotopic (exact) mass is 378 g/mol. The van der Waals surface area contributed by atoms with Gasteiger partial charge in [-0.3, -0.25) is 9.69 Å². The molecule has 1 aromatic rings. The van der Waals surface area contributed by atoms with Crippen LogP contribution < -0.4 is 0 Å². The average Bonchev–Trinajstić information content (AvgIpc) is 3.03. The molecule has 3 nitrogen and oxygen atoms in total. The van der Waals surface area contributed by atoms with E-state index < -0.39 is 0 Å². The Morgan fingerprint density at radius 1 is 1.22 bits per heavy atom. The van der Waals surface area contributed by atoms with Crippen LogP contribution in [0, 0.1) is 0 Å². The molecule has 2 saturated heterocycles. The van der Waals surface area contributed by atoms with E-state index in [0.29, 0.717) is 24.5 Å². The molecule has 4 heteroatoms. The van der Waals surface area contributed by atoms with Crippen LogP contribution in [0.4, 0.5) is 0 Å². The van der Waals surface area contributed by atoms with Crippen molar-refractivity contribution < 1.29 is 4.79 Å².